The summed E-state index contributed by atoms with van der Waals surface area (Å²) in [4.78, 5) is 4.01. The second-order valence-corrected chi connectivity index (χ2v) is 11.2. The van der Waals surface area contributed by atoms with Gasteiger partial charge in [-0.2, -0.15) is 0 Å². The molecule has 1 unspecified atom stereocenters. The van der Waals surface area contributed by atoms with Crippen LogP contribution in [0.2, 0.25) is 0 Å². The summed E-state index contributed by atoms with van der Waals surface area (Å²) in [5.41, 5.74) is 1.62. The fourth-order valence-electron chi connectivity index (χ4n) is 7.64. The number of rotatable bonds is 5. The van der Waals surface area contributed by atoms with Gasteiger partial charge in [0.15, 0.2) is 6.29 Å². The zero-order chi connectivity index (χ0) is 22.3. The molecule has 1 aliphatic heterocycles. The predicted octanol–water partition coefficient (Wildman–Crippen LogP) is 5.88. The number of pyridine rings is 1. The SMILES string of the molecule is C=C1CCC2[C@]3(C)CO[C@@H](C4CCCC4)O[C@@H]3CC[C@@]2(C)[C@@H]1CCOc1cncc(O)c1. The molecule has 0 spiro atoms. The van der Waals surface area contributed by atoms with Gasteiger partial charge in [-0.25, -0.2) is 0 Å². The summed E-state index contributed by atoms with van der Waals surface area (Å²) < 4.78 is 19.1. The third-order valence-electron chi connectivity index (χ3n) is 9.33. The molecular weight excluding hydrogens is 402 g/mol. The summed E-state index contributed by atoms with van der Waals surface area (Å²) in [6, 6.07) is 1.62. The van der Waals surface area contributed by atoms with E-state index in [0.29, 0.717) is 36.2 Å². The standard InChI is InChI=1S/C27H39NO4/c1-18-8-9-23-26(2,22(18)11-13-30-21-14-20(29)15-28-16-21)12-10-24-27(23,3)17-31-25(32-24)19-6-4-5-7-19/h14-16,19,22-25,29H,1,4-13,17H2,2-3H3/t22-,23?,24-,25-,26+,27+/m1/s1. The van der Waals surface area contributed by atoms with Crippen LogP contribution in [0.4, 0.5) is 0 Å². The highest BCUT2D eigenvalue weighted by Crippen LogP contribution is 2.63. The topological polar surface area (TPSA) is 60.8 Å². The quantitative estimate of drug-likeness (QED) is 0.579. The molecule has 5 rings (SSSR count). The van der Waals surface area contributed by atoms with Crippen LogP contribution < -0.4 is 4.74 Å². The van der Waals surface area contributed by atoms with Crippen LogP contribution in [0.1, 0.15) is 71.6 Å². The fourth-order valence-corrected chi connectivity index (χ4v) is 7.64. The molecule has 0 bridgehead atoms. The molecule has 1 aromatic heterocycles. The van der Waals surface area contributed by atoms with Gasteiger partial charge in [-0.3, -0.25) is 4.98 Å². The molecule has 6 atom stereocenters. The first-order valence-electron chi connectivity index (χ1n) is 12.6. The van der Waals surface area contributed by atoms with Crippen molar-refractivity contribution in [2.75, 3.05) is 13.2 Å². The molecule has 5 nitrogen and oxygen atoms in total. The molecule has 0 radical (unpaired) electrons. The van der Waals surface area contributed by atoms with Crippen molar-refractivity contribution in [1.29, 1.82) is 0 Å². The lowest BCUT2D eigenvalue weighted by molar-refractivity contribution is -0.316. The van der Waals surface area contributed by atoms with E-state index in [1.54, 1.807) is 12.3 Å². The lowest BCUT2D eigenvalue weighted by Gasteiger charge is -2.63. The van der Waals surface area contributed by atoms with Crippen molar-refractivity contribution in [3.8, 4) is 11.5 Å². The van der Waals surface area contributed by atoms with Gasteiger partial charge in [0.1, 0.15) is 11.5 Å². The lowest BCUT2D eigenvalue weighted by Crippen LogP contribution is -2.62. The number of nitrogens with zero attached hydrogens (tertiary/aromatic N) is 1. The molecule has 4 aliphatic rings. The van der Waals surface area contributed by atoms with Crippen LogP contribution in [0.25, 0.3) is 0 Å². The van der Waals surface area contributed by atoms with Gasteiger partial charge in [-0.1, -0.05) is 38.8 Å². The van der Waals surface area contributed by atoms with Crippen LogP contribution in [0, 0.1) is 28.6 Å². The normalized spacial score (nSPS) is 40.0. The maximum atomic E-state index is 9.64. The molecule has 2 heterocycles. The molecule has 1 N–H and O–H groups in total. The van der Waals surface area contributed by atoms with Gasteiger partial charge in [-0.05, 0) is 62.2 Å². The van der Waals surface area contributed by atoms with Crippen LogP contribution in [0.5, 0.6) is 11.5 Å². The van der Waals surface area contributed by atoms with E-state index in [0.717, 1.165) is 25.9 Å². The first kappa shape index (κ1) is 22.2. The predicted molar refractivity (Wildman–Crippen MR) is 123 cm³/mol. The Morgan fingerprint density at radius 2 is 1.97 bits per heavy atom. The summed E-state index contributed by atoms with van der Waals surface area (Å²) in [7, 11) is 0. The molecule has 1 aromatic rings. The highest BCUT2D eigenvalue weighted by molar-refractivity contribution is 5.27. The van der Waals surface area contributed by atoms with Crippen LogP contribution in [-0.2, 0) is 9.47 Å². The third-order valence-corrected chi connectivity index (χ3v) is 9.33. The van der Waals surface area contributed by atoms with Gasteiger partial charge in [0.25, 0.3) is 0 Å². The van der Waals surface area contributed by atoms with Gasteiger partial charge in [0.05, 0.1) is 31.7 Å². The minimum absolute atomic E-state index is 0.0126. The summed E-state index contributed by atoms with van der Waals surface area (Å²) in [5.74, 6) is 2.34. The number of fused-ring (bicyclic) bond motifs is 3. The van der Waals surface area contributed by atoms with E-state index in [9.17, 15) is 5.11 Å². The van der Waals surface area contributed by atoms with Gasteiger partial charge < -0.3 is 19.3 Å². The van der Waals surface area contributed by atoms with Crippen LogP contribution >= 0.6 is 0 Å². The van der Waals surface area contributed by atoms with Crippen LogP contribution in [0.15, 0.2) is 30.6 Å². The van der Waals surface area contributed by atoms with E-state index in [2.05, 4.69) is 25.4 Å². The summed E-state index contributed by atoms with van der Waals surface area (Å²) in [6.07, 6.45) is 14.0. The smallest absolute Gasteiger partial charge is 0.160 e. The van der Waals surface area contributed by atoms with Crippen molar-refractivity contribution >= 4 is 0 Å². The minimum Gasteiger partial charge on any atom is -0.506 e. The molecule has 5 heteroatoms. The van der Waals surface area contributed by atoms with Crippen molar-refractivity contribution in [3.05, 3.63) is 30.6 Å². The van der Waals surface area contributed by atoms with E-state index in [-0.39, 0.29) is 22.9 Å². The average molecular weight is 442 g/mol. The zero-order valence-electron chi connectivity index (χ0n) is 19.7. The second-order valence-electron chi connectivity index (χ2n) is 11.2. The first-order chi connectivity index (χ1) is 15.4. The number of ether oxygens (including phenoxy) is 3. The molecule has 3 saturated carbocycles. The molecule has 176 valence electrons. The molecule has 4 fully saturated rings. The number of aromatic hydroxyl groups is 1. The molecule has 0 amide bonds. The van der Waals surface area contributed by atoms with Crippen molar-refractivity contribution < 1.29 is 19.3 Å². The Hall–Kier alpha value is -1.59. The van der Waals surface area contributed by atoms with E-state index < -0.39 is 0 Å². The lowest BCUT2D eigenvalue weighted by atomic mass is 9.46. The van der Waals surface area contributed by atoms with Gasteiger partial charge in [-0.15, -0.1) is 0 Å². The van der Waals surface area contributed by atoms with Crippen LogP contribution in [-0.4, -0.2) is 35.7 Å². The summed E-state index contributed by atoms with van der Waals surface area (Å²) in [5, 5.41) is 9.64. The van der Waals surface area contributed by atoms with Crippen molar-refractivity contribution in [3.63, 3.8) is 0 Å². The molecule has 1 saturated heterocycles. The van der Waals surface area contributed by atoms with Crippen molar-refractivity contribution in [2.45, 2.75) is 84.0 Å². The van der Waals surface area contributed by atoms with Gasteiger partial charge in [0.2, 0.25) is 0 Å². The Bertz CT molecular complexity index is 837. The number of hydrogen-bond donors (Lipinski definition) is 1. The Morgan fingerprint density at radius 1 is 1.16 bits per heavy atom. The zero-order valence-corrected chi connectivity index (χ0v) is 19.7. The summed E-state index contributed by atoms with van der Waals surface area (Å²) in [6.45, 7) is 10.8. The van der Waals surface area contributed by atoms with E-state index in [4.69, 9.17) is 14.2 Å². The van der Waals surface area contributed by atoms with Crippen molar-refractivity contribution in [1.82, 2.24) is 4.98 Å². The Labute approximate surface area is 192 Å². The third kappa shape index (κ3) is 3.86. The van der Waals surface area contributed by atoms with E-state index >= 15 is 0 Å². The highest BCUT2D eigenvalue weighted by atomic mass is 16.7. The fraction of sp³-hybridized carbons (Fsp3) is 0.741. The minimum atomic E-state index is 0.0126. The molecule has 3 aliphatic carbocycles. The molecular formula is C27H39NO4. The molecule has 32 heavy (non-hydrogen) atoms. The Morgan fingerprint density at radius 3 is 2.75 bits per heavy atom. The Kier molecular flexibility index (Phi) is 6.00. The second kappa shape index (κ2) is 8.64. The number of hydrogen-bond acceptors (Lipinski definition) is 5. The maximum absolute atomic E-state index is 9.64. The van der Waals surface area contributed by atoms with E-state index in [1.807, 2.05) is 0 Å². The Balaban J connectivity index is 1.28. The summed E-state index contributed by atoms with van der Waals surface area (Å²) >= 11 is 0. The average Bonchev–Trinajstić information content (AvgIpc) is 3.30. The van der Waals surface area contributed by atoms with E-state index in [1.165, 1.54) is 50.3 Å². The molecule has 0 aromatic carbocycles. The van der Waals surface area contributed by atoms with Gasteiger partial charge >= 0.3 is 0 Å². The largest absolute Gasteiger partial charge is 0.506 e. The number of aromatic nitrogens is 1. The first-order valence-corrected chi connectivity index (χ1v) is 12.6. The van der Waals surface area contributed by atoms with Crippen LogP contribution in [0.3, 0.4) is 0 Å². The maximum Gasteiger partial charge on any atom is 0.160 e. The van der Waals surface area contributed by atoms with Gasteiger partial charge in [0, 0.05) is 17.4 Å². The van der Waals surface area contributed by atoms with Crippen molar-refractivity contribution in [2.24, 2.45) is 28.6 Å². The number of allylic oxidation sites excluding steroid dienone is 1. The monoisotopic (exact) mass is 441 g/mol. The highest BCUT2D eigenvalue weighted by Gasteiger charge is 2.60.